The molecule has 0 aromatic rings. The Hall–Kier alpha value is 3.54. The Kier molecular flexibility index (Phi) is 30.0. The monoisotopic (exact) mass is 882 g/mol. The van der Waals surface area contributed by atoms with Gasteiger partial charge in [-0.3, -0.25) is 0 Å². The summed E-state index contributed by atoms with van der Waals surface area (Å²) in [5.41, 5.74) is 6.23. The molecule has 0 heterocycles. The maximum atomic E-state index is 2.36. The van der Waals surface area contributed by atoms with E-state index in [-0.39, 0.29) is 95.6 Å². The molecule has 4 aliphatic carbocycles. The first kappa shape index (κ1) is 50.4. The normalized spacial score (nSPS) is 20.7. The zero-order chi connectivity index (χ0) is 27.6. The second kappa shape index (κ2) is 23.8. The largest absolute Gasteiger partial charge is 0.358 e. The first-order chi connectivity index (χ1) is 16.4. The number of rotatable bonds is 4. The van der Waals surface area contributed by atoms with Gasteiger partial charge in [-0.15, -0.1) is 0 Å². The molecule has 224 valence electrons. The Bertz CT molecular complexity index is 457. The molecule has 0 nitrogen and oxygen atoms in total. The van der Waals surface area contributed by atoms with Gasteiger partial charge in [0.15, 0.2) is 0 Å². The smallest absolute Gasteiger partial charge is 0.0516 e. The van der Waals surface area contributed by atoms with Crippen molar-refractivity contribution in [2.45, 2.75) is 78.6 Å². The summed E-state index contributed by atoms with van der Waals surface area (Å²) in [6, 6.07) is 0. The zero-order valence-corrected chi connectivity index (χ0v) is 37.3. The molecule has 0 atom stereocenters. The third kappa shape index (κ3) is 22.1. The van der Waals surface area contributed by atoms with Crippen LogP contribution in [0.5, 0.6) is 0 Å². The molecule has 4 fully saturated rings. The van der Waals surface area contributed by atoms with Crippen LogP contribution in [0.4, 0.5) is 0 Å². The van der Waals surface area contributed by atoms with Gasteiger partial charge >= 0.3 is 0 Å². The summed E-state index contributed by atoms with van der Waals surface area (Å²) in [4.78, 5) is 0. The van der Waals surface area contributed by atoms with Crippen molar-refractivity contribution in [3.8, 4) is 0 Å². The summed E-state index contributed by atoms with van der Waals surface area (Å²) in [6.45, 7) is 28.4. The summed E-state index contributed by atoms with van der Waals surface area (Å²) in [5, 5.41) is 0. The average molecular weight is 880 g/mol. The molecule has 0 aliphatic heterocycles. The van der Waals surface area contributed by atoms with Crippen molar-refractivity contribution in [3.05, 3.63) is 140 Å². The Morgan fingerprint density at radius 1 is 0.275 bits per heavy atom. The van der Waals surface area contributed by atoms with Gasteiger partial charge in [0.2, 0.25) is 0 Å². The van der Waals surface area contributed by atoms with Crippen molar-refractivity contribution < 1.29 is 80.8 Å². The van der Waals surface area contributed by atoms with Crippen LogP contribution in [0.2, 0.25) is 78.6 Å². The van der Waals surface area contributed by atoms with Crippen molar-refractivity contribution in [1.82, 2.24) is 0 Å². The molecule has 40 heavy (non-hydrogen) atoms. The van der Waals surface area contributed by atoms with E-state index in [1.54, 1.807) is 22.2 Å². The Balaban J connectivity index is -0.000000209. The van der Waals surface area contributed by atoms with Crippen LogP contribution in [0.15, 0.2) is 0 Å². The SMILES string of the molecule is C[Si](C)(C)[C]1[CH][CH][CH][CH]1.C[Si](C)(C)[C]1[CH][CH][CH][CH]1.C[Si](C)(C)[C]1[CH][CH][CH][CH]1.C[Si](C)(C)[C]1[CH][CH][CH][CH]1.[CH3-].[CH3-].[Sm].[Sm]. The minimum absolute atomic E-state index is 0. The quantitative estimate of drug-likeness (QED) is 0.195. The van der Waals surface area contributed by atoms with E-state index < -0.39 is 32.3 Å². The molecule has 0 aromatic heterocycles. The van der Waals surface area contributed by atoms with Crippen molar-refractivity contribution in [2.24, 2.45) is 0 Å². The fourth-order valence-electron chi connectivity index (χ4n) is 3.50. The Morgan fingerprint density at radius 3 is 0.425 bits per heavy atom. The van der Waals surface area contributed by atoms with Gasteiger partial charge in [-0.05, 0) is 125 Å². The van der Waals surface area contributed by atoms with Gasteiger partial charge in [0, 0.05) is 80.8 Å². The number of hydrogen-bond donors (Lipinski definition) is 0. The van der Waals surface area contributed by atoms with Crippen LogP contribution >= 0.6 is 0 Å². The molecule has 0 spiro atoms. The molecule has 4 aliphatic rings. The van der Waals surface area contributed by atoms with Crippen molar-refractivity contribution >= 4 is 32.3 Å². The molecule has 0 amide bonds. The number of hydrogen-bond acceptors (Lipinski definition) is 0. The van der Waals surface area contributed by atoms with E-state index in [0.717, 1.165) is 0 Å². The molecule has 0 aromatic carbocycles. The van der Waals surface area contributed by atoms with E-state index >= 15 is 0 Å². The third-order valence-electron chi connectivity index (χ3n) is 6.11. The topological polar surface area (TPSA) is 0 Å². The maximum Gasteiger partial charge on any atom is 0.0516 e. The van der Waals surface area contributed by atoms with E-state index in [9.17, 15) is 0 Å². The molecule has 20 radical (unpaired) electrons. The predicted molar refractivity (Wildman–Crippen MR) is 188 cm³/mol. The van der Waals surface area contributed by atoms with Crippen LogP contribution in [0.3, 0.4) is 0 Å². The van der Waals surface area contributed by atoms with E-state index in [1.165, 1.54) is 0 Å². The van der Waals surface area contributed by atoms with E-state index in [4.69, 9.17) is 0 Å². The molecular weight excluding hydrogens is 821 g/mol. The average Bonchev–Trinajstić information content (AvgIpc) is 3.57. The molecule has 0 unspecified atom stereocenters. The summed E-state index contributed by atoms with van der Waals surface area (Å²) >= 11 is 0. The van der Waals surface area contributed by atoms with Crippen LogP contribution in [-0.4, -0.2) is 32.3 Å². The zero-order valence-electron chi connectivity index (χ0n) is 28.1. The van der Waals surface area contributed by atoms with Gasteiger partial charge in [0.1, 0.15) is 0 Å². The van der Waals surface area contributed by atoms with E-state index in [0.29, 0.717) is 0 Å². The van der Waals surface area contributed by atoms with Gasteiger partial charge in [0.25, 0.3) is 0 Å². The summed E-state index contributed by atoms with van der Waals surface area (Å²) in [7, 11) is -3.92. The van der Waals surface area contributed by atoms with E-state index in [1.807, 2.05) is 0 Å². The van der Waals surface area contributed by atoms with Crippen LogP contribution in [0, 0.1) is 221 Å². The van der Waals surface area contributed by atoms with Gasteiger partial charge in [0.05, 0.1) is 32.3 Å². The van der Waals surface area contributed by atoms with Gasteiger partial charge in [-0.2, -0.15) is 0 Å². The fourth-order valence-corrected chi connectivity index (χ4v) is 8.27. The van der Waals surface area contributed by atoms with Crippen molar-refractivity contribution in [1.29, 1.82) is 0 Å². The van der Waals surface area contributed by atoms with Gasteiger partial charge < -0.3 is 14.9 Å². The second-order valence-electron chi connectivity index (χ2n) is 13.7. The van der Waals surface area contributed by atoms with Crippen LogP contribution in [-0.2, 0) is 0 Å². The van der Waals surface area contributed by atoms with E-state index in [2.05, 4.69) is 181 Å². The van der Waals surface area contributed by atoms with Crippen LogP contribution in [0.1, 0.15) is 0 Å². The molecule has 4 saturated carbocycles. The first-order valence-corrected chi connectivity index (χ1v) is 27.3. The van der Waals surface area contributed by atoms with Crippen LogP contribution in [0.25, 0.3) is 0 Å². The minimum atomic E-state index is -0.981. The van der Waals surface area contributed by atoms with Gasteiger partial charge in [-0.25, -0.2) is 0 Å². The Labute approximate surface area is 327 Å². The molecule has 6 heteroatoms. The Morgan fingerprint density at radius 2 is 0.375 bits per heavy atom. The predicted octanol–water partition coefficient (Wildman–Crippen LogP) is 9.98. The fraction of sp³-hybridized carbons (Fsp3) is 0.353. The minimum Gasteiger partial charge on any atom is -0.358 e. The van der Waals surface area contributed by atoms with Crippen LogP contribution < -0.4 is 0 Å². The molecule has 0 saturated heterocycles. The molecule has 4 rings (SSSR count). The standard InChI is InChI=1S/4C8H13Si.2CH3.2Sm/c4*1-9(2,3)8-6-4-5-7-8;;;;/h4*4-7H,1-3H3;2*1H3;;/q;;;;2*-1;;. The summed E-state index contributed by atoms with van der Waals surface area (Å²) < 4.78 is 0. The third-order valence-corrected chi connectivity index (χ3v) is 14.4. The van der Waals surface area contributed by atoms with Gasteiger partial charge in [-0.1, -0.05) is 78.6 Å². The maximum absolute atomic E-state index is 2.36. The van der Waals surface area contributed by atoms with Crippen molar-refractivity contribution in [2.75, 3.05) is 0 Å². The molecule has 0 N–H and O–H groups in total. The molecular formula is C34H58Si4Sm2-2. The second-order valence-corrected chi connectivity index (χ2v) is 34.0. The first-order valence-electron chi connectivity index (χ1n) is 13.3. The molecule has 0 bridgehead atoms. The summed E-state index contributed by atoms with van der Waals surface area (Å²) in [5.74, 6) is 0. The van der Waals surface area contributed by atoms with Crippen molar-refractivity contribution in [3.63, 3.8) is 0 Å². The summed E-state index contributed by atoms with van der Waals surface area (Å²) in [6.07, 6.45) is 34.8.